The number of nitrogens with two attached hydrogens (primary N) is 1. The fraction of sp³-hybridized carbons (Fsp3) is 0.455. The van der Waals surface area contributed by atoms with Gasteiger partial charge in [0.15, 0.2) is 0 Å². The Hall–Kier alpha value is -1.06. The molecule has 0 saturated carbocycles. The first-order valence-electron chi connectivity index (χ1n) is 4.84. The molecule has 14 heavy (non-hydrogen) atoms. The average molecular weight is 193 g/mol. The lowest BCUT2D eigenvalue weighted by atomic mass is 10.1. The summed E-state index contributed by atoms with van der Waals surface area (Å²) in [5.41, 5.74) is 7.60. The molecular formula is C11H15NO2. The van der Waals surface area contributed by atoms with Gasteiger partial charge in [0, 0.05) is 5.69 Å². The van der Waals surface area contributed by atoms with Crippen LogP contribution >= 0.6 is 0 Å². The Labute approximate surface area is 83.8 Å². The summed E-state index contributed by atoms with van der Waals surface area (Å²) < 4.78 is 10.8. The van der Waals surface area contributed by atoms with E-state index in [0.29, 0.717) is 13.2 Å². The molecule has 1 aliphatic heterocycles. The number of hydrogen-bond donors (Lipinski definition) is 1. The largest absolute Gasteiger partial charge is 0.399 e. The molecule has 1 aliphatic rings. The molecule has 1 saturated heterocycles. The number of ether oxygens (including phenoxy) is 2. The first kappa shape index (κ1) is 9.49. The fourth-order valence-electron chi connectivity index (χ4n) is 1.47. The second-order valence-corrected chi connectivity index (χ2v) is 3.61. The molecule has 1 fully saturated rings. The second kappa shape index (κ2) is 3.98. The van der Waals surface area contributed by atoms with E-state index < -0.39 is 0 Å². The molecule has 1 heterocycles. The molecule has 0 aromatic heterocycles. The van der Waals surface area contributed by atoms with Crippen LogP contribution < -0.4 is 5.73 Å². The van der Waals surface area contributed by atoms with Crippen molar-refractivity contribution in [2.45, 2.75) is 19.1 Å². The first-order chi connectivity index (χ1) is 6.75. The highest BCUT2D eigenvalue weighted by atomic mass is 16.6. The number of anilines is 1. The van der Waals surface area contributed by atoms with Gasteiger partial charge in [-0.05, 0) is 24.6 Å². The summed E-state index contributed by atoms with van der Waals surface area (Å²) in [5, 5.41) is 0. The first-order valence-corrected chi connectivity index (χ1v) is 4.84. The molecule has 1 atom stereocenters. The molecule has 0 aliphatic carbocycles. The van der Waals surface area contributed by atoms with Crippen molar-refractivity contribution < 1.29 is 9.47 Å². The molecule has 0 bridgehead atoms. The third-order valence-electron chi connectivity index (χ3n) is 2.38. The average Bonchev–Trinajstić information content (AvgIpc) is 2.11. The summed E-state index contributed by atoms with van der Waals surface area (Å²) in [6.07, 6.45) is 0.346. The number of benzene rings is 1. The van der Waals surface area contributed by atoms with Crippen LogP contribution in [0, 0.1) is 0 Å². The van der Waals surface area contributed by atoms with Crippen molar-refractivity contribution in [3.63, 3.8) is 0 Å². The van der Waals surface area contributed by atoms with Crippen LogP contribution in [-0.4, -0.2) is 19.3 Å². The van der Waals surface area contributed by atoms with E-state index in [4.69, 9.17) is 15.2 Å². The van der Waals surface area contributed by atoms with Crippen LogP contribution in [-0.2, 0) is 9.47 Å². The zero-order chi connectivity index (χ0) is 9.97. The van der Waals surface area contributed by atoms with Gasteiger partial charge in [-0.15, -0.1) is 0 Å². The molecule has 2 rings (SSSR count). The van der Waals surface area contributed by atoms with Gasteiger partial charge in [0.2, 0.25) is 0 Å². The lowest BCUT2D eigenvalue weighted by molar-refractivity contribution is -0.152. The van der Waals surface area contributed by atoms with Crippen molar-refractivity contribution in [2.75, 3.05) is 18.9 Å². The molecule has 0 radical (unpaired) electrons. The third kappa shape index (κ3) is 2.05. The minimum absolute atomic E-state index is 0.0902. The van der Waals surface area contributed by atoms with E-state index in [-0.39, 0.29) is 12.2 Å². The quantitative estimate of drug-likeness (QED) is 0.744. The van der Waals surface area contributed by atoms with E-state index >= 15 is 0 Å². The molecule has 0 spiro atoms. The highest BCUT2D eigenvalue weighted by molar-refractivity contribution is 5.41. The van der Waals surface area contributed by atoms with Crippen molar-refractivity contribution in [1.82, 2.24) is 0 Å². The Morgan fingerprint density at radius 3 is 2.86 bits per heavy atom. The molecular weight excluding hydrogens is 178 g/mol. The van der Waals surface area contributed by atoms with E-state index in [1.165, 1.54) is 0 Å². The Bertz CT molecular complexity index is 310. The Balaban J connectivity index is 1.98. The van der Waals surface area contributed by atoms with Crippen molar-refractivity contribution >= 4 is 5.69 Å². The Morgan fingerprint density at radius 1 is 1.50 bits per heavy atom. The highest BCUT2D eigenvalue weighted by Gasteiger charge is 2.21. The predicted molar refractivity (Wildman–Crippen MR) is 55.0 cm³/mol. The zero-order valence-corrected chi connectivity index (χ0v) is 8.27. The summed E-state index contributed by atoms with van der Waals surface area (Å²) in [6.45, 7) is 3.46. The van der Waals surface area contributed by atoms with E-state index in [0.717, 1.165) is 11.3 Å². The molecule has 1 unspecified atom stereocenters. The van der Waals surface area contributed by atoms with Crippen LogP contribution in [0.5, 0.6) is 0 Å². The number of rotatable bonds is 3. The SMILES string of the molecule is CC(OC1COC1)c1cccc(N)c1. The van der Waals surface area contributed by atoms with Gasteiger partial charge < -0.3 is 15.2 Å². The zero-order valence-electron chi connectivity index (χ0n) is 8.27. The molecule has 0 amide bonds. The maximum atomic E-state index is 5.75. The van der Waals surface area contributed by atoms with E-state index in [2.05, 4.69) is 0 Å². The van der Waals surface area contributed by atoms with Gasteiger partial charge in [-0.2, -0.15) is 0 Å². The molecule has 1 aromatic rings. The van der Waals surface area contributed by atoms with Gasteiger partial charge >= 0.3 is 0 Å². The predicted octanol–water partition coefficient (Wildman–Crippen LogP) is 1.75. The minimum Gasteiger partial charge on any atom is -0.399 e. The lowest BCUT2D eigenvalue weighted by Gasteiger charge is -2.29. The molecule has 1 aromatic carbocycles. The molecule has 3 heteroatoms. The van der Waals surface area contributed by atoms with Crippen molar-refractivity contribution in [1.29, 1.82) is 0 Å². The summed E-state index contributed by atoms with van der Waals surface area (Å²) in [7, 11) is 0. The smallest absolute Gasteiger partial charge is 0.105 e. The maximum Gasteiger partial charge on any atom is 0.105 e. The van der Waals surface area contributed by atoms with Gasteiger partial charge in [-0.3, -0.25) is 0 Å². The standard InChI is InChI=1S/C11H15NO2/c1-8(14-11-6-13-7-11)9-3-2-4-10(12)5-9/h2-5,8,11H,6-7,12H2,1H3. The van der Waals surface area contributed by atoms with Crippen LogP contribution in [0.2, 0.25) is 0 Å². The van der Waals surface area contributed by atoms with Gasteiger partial charge in [0.1, 0.15) is 6.10 Å². The Morgan fingerprint density at radius 2 is 2.29 bits per heavy atom. The number of hydrogen-bond acceptors (Lipinski definition) is 3. The van der Waals surface area contributed by atoms with Crippen LogP contribution in [0.3, 0.4) is 0 Å². The van der Waals surface area contributed by atoms with Crippen molar-refractivity contribution in [3.8, 4) is 0 Å². The number of nitrogen functional groups attached to an aromatic ring is 1. The van der Waals surface area contributed by atoms with Gasteiger partial charge in [-0.1, -0.05) is 12.1 Å². The van der Waals surface area contributed by atoms with E-state index in [9.17, 15) is 0 Å². The monoisotopic (exact) mass is 193 g/mol. The van der Waals surface area contributed by atoms with Crippen LogP contribution in [0.4, 0.5) is 5.69 Å². The van der Waals surface area contributed by atoms with E-state index in [1.807, 2.05) is 31.2 Å². The summed E-state index contributed by atoms with van der Waals surface area (Å²) in [6, 6.07) is 7.80. The van der Waals surface area contributed by atoms with Gasteiger partial charge in [-0.25, -0.2) is 0 Å². The van der Waals surface area contributed by atoms with Crippen LogP contribution in [0.15, 0.2) is 24.3 Å². The van der Waals surface area contributed by atoms with E-state index in [1.54, 1.807) is 0 Å². The summed E-state index contributed by atoms with van der Waals surface area (Å²) in [5.74, 6) is 0. The fourth-order valence-corrected chi connectivity index (χ4v) is 1.47. The topological polar surface area (TPSA) is 44.5 Å². The maximum absolute atomic E-state index is 5.75. The Kier molecular flexibility index (Phi) is 2.70. The molecule has 3 nitrogen and oxygen atoms in total. The lowest BCUT2D eigenvalue weighted by Crippen LogP contribution is -2.36. The van der Waals surface area contributed by atoms with Gasteiger partial charge in [0.25, 0.3) is 0 Å². The second-order valence-electron chi connectivity index (χ2n) is 3.61. The molecule has 76 valence electrons. The highest BCUT2D eigenvalue weighted by Crippen LogP contribution is 2.22. The van der Waals surface area contributed by atoms with Crippen LogP contribution in [0.25, 0.3) is 0 Å². The van der Waals surface area contributed by atoms with Crippen molar-refractivity contribution in [2.24, 2.45) is 0 Å². The van der Waals surface area contributed by atoms with Crippen molar-refractivity contribution in [3.05, 3.63) is 29.8 Å². The minimum atomic E-state index is 0.0902. The summed E-state index contributed by atoms with van der Waals surface area (Å²) >= 11 is 0. The van der Waals surface area contributed by atoms with Crippen LogP contribution in [0.1, 0.15) is 18.6 Å². The normalized spacial score (nSPS) is 18.9. The third-order valence-corrected chi connectivity index (χ3v) is 2.38. The van der Waals surface area contributed by atoms with Gasteiger partial charge in [0.05, 0.1) is 19.3 Å². The molecule has 2 N–H and O–H groups in total. The summed E-state index contributed by atoms with van der Waals surface area (Å²) in [4.78, 5) is 0.